The van der Waals surface area contributed by atoms with Crippen LogP contribution >= 0.6 is 22.9 Å². The van der Waals surface area contributed by atoms with Crippen LogP contribution in [0.3, 0.4) is 0 Å². The minimum absolute atomic E-state index is 0.0533. The number of ether oxygens (including phenoxy) is 5. The molecule has 13 nitrogen and oxygen atoms in total. The summed E-state index contributed by atoms with van der Waals surface area (Å²) in [6.07, 6.45) is 1.68. The zero-order valence-electron chi connectivity index (χ0n) is 36.9. The SMILES string of the molecule is COc1ccccc1-c1nccc(COc2ccc3cc2C[C@H](C(=O)O)Oc2ncnc4sc(-c5ccc(F)cc5)c(c24)-c2ccc(c(Cl)c2C)O[C@H](CN2CCN(C)[C@H](C)C2)CCO3)n1. The van der Waals surface area contributed by atoms with Crippen LogP contribution < -0.4 is 23.7 Å². The van der Waals surface area contributed by atoms with Crippen LogP contribution in [0.1, 0.15) is 30.2 Å². The number of fused-ring (bicyclic) bond motifs is 8. The quantitative estimate of drug-likeness (QED) is 0.147. The molecule has 340 valence electrons. The van der Waals surface area contributed by atoms with Gasteiger partial charge in [0.15, 0.2) is 5.82 Å². The first-order chi connectivity index (χ1) is 32.0. The van der Waals surface area contributed by atoms with E-state index in [1.807, 2.05) is 43.3 Å². The molecule has 7 aromatic rings. The van der Waals surface area contributed by atoms with E-state index in [1.165, 1.54) is 29.8 Å². The summed E-state index contributed by atoms with van der Waals surface area (Å²) < 4.78 is 46.0. The molecule has 4 aromatic carbocycles. The van der Waals surface area contributed by atoms with E-state index >= 15 is 0 Å². The van der Waals surface area contributed by atoms with Gasteiger partial charge in [-0.2, -0.15) is 0 Å². The molecule has 66 heavy (non-hydrogen) atoms. The van der Waals surface area contributed by atoms with Gasteiger partial charge < -0.3 is 33.7 Å². The van der Waals surface area contributed by atoms with E-state index in [2.05, 4.69) is 38.7 Å². The van der Waals surface area contributed by atoms with Crippen molar-refractivity contribution in [2.24, 2.45) is 0 Å². The summed E-state index contributed by atoms with van der Waals surface area (Å²) >= 11 is 8.62. The fraction of sp³-hybridized carbons (Fsp3) is 0.300. The average molecular weight is 931 g/mol. The van der Waals surface area contributed by atoms with Gasteiger partial charge >= 0.3 is 5.97 Å². The molecule has 0 unspecified atom stereocenters. The molecule has 0 radical (unpaired) electrons. The summed E-state index contributed by atoms with van der Waals surface area (Å²) in [6.45, 7) is 7.86. The maximum atomic E-state index is 14.3. The van der Waals surface area contributed by atoms with Crippen molar-refractivity contribution in [3.05, 3.63) is 125 Å². The van der Waals surface area contributed by atoms with Crippen molar-refractivity contribution >= 4 is 39.1 Å². The average Bonchev–Trinajstić information content (AvgIpc) is 3.71. The number of para-hydroxylation sites is 1. The monoisotopic (exact) mass is 930 g/mol. The molecule has 0 aliphatic carbocycles. The molecule has 10 rings (SSSR count). The highest BCUT2D eigenvalue weighted by molar-refractivity contribution is 7.22. The van der Waals surface area contributed by atoms with E-state index in [4.69, 9.17) is 40.3 Å². The van der Waals surface area contributed by atoms with Crippen molar-refractivity contribution in [1.29, 1.82) is 0 Å². The van der Waals surface area contributed by atoms with Gasteiger partial charge in [0, 0.05) is 67.3 Å². The molecule has 0 spiro atoms. The Morgan fingerprint density at radius 1 is 0.985 bits per heavy atom. The maximum Gasteiger partial charge on any atom is 0.345 e. The van der Waals surface area contributed by atoms with E-state index in [9.17, 15) is 14.3 Å². The zero-order valence-corrected chi connectivity index (χ0v) is 38.4. The zero-order chi connectivity index (χ0) is 45.9. The normalized spacial score (nSPS) is 18.1. The van der Waals surface area contributed by atoms with Crippen LogP contribution in [0.2, 0.25) is 5.02 Å². The maximum absolute atomic E-state index is 14.3. The lowest BCUT2D eigenvalue weighted by atomic mass is 9.95. The standard InChI is InChI=1S/C50H48ClFN6O7S/c1-29-25-58(21-20-57(29)3)26-36-18-22-62-35-13-15-39(63-27-34-17-19-53-47(56-34)38-7-5-6-8-40(38)61-4)32(23-35)24-42(50(59)60)65-48-44-43(37-14-16-41(64-36)45(51)30(37)2)46(66-49(44)55-28-54-48)31-9-11-33(52)12-10-31/h5-17,19,23,28-29,36,42H,18,20-22,24-27H2,1-4H3,(H,59,60)/t29-,36+,42-/m1/s1. The number of aromatic nitrogens is 4. The lowest BCUT2D eigenvalue weighted by molar-refractivity contribution is -0.145. The molecular formula is C50H48ClFN6O7S. The Morgan fingerprint density at radius 3 is 2.62 bits per heavy atom. The Bertz CT molecular complexity index is 2880. The van der Waals surface area contributed by atoms with E-state index in [0.717, 1.165) is 46.8 Å². The van der Waals surface area contributed by atoms with Crippen LogP contribution in [0, 0.1) is 12.7 Å². The fourth-order valence-corrected chi connectivity index (χ4v) is 9.74. The lowest BCUT2D eigenvalue weighted by Crippen LogP contribution is -2.52. The van der Waals surface area contributed by atoms with Gasteiger partial charge in [0.25, 0.3) is 0 Å². The molecule has 1 N–H and O–H groups in total. The number of carboxylic acids is 1. The minimum Gasteiger partial charge on any atom is -0.496 e. The van der Waals surface area contributed by atoms with E-state index in [1.54, 1.807) is 49.7 Å². The Kier molecular flexibility index (Phi) is 13.3. The van der Waals surface area contributed by atoms with E-state index < -0.39 is 12.1 Å². The largest absolute Gasteiger partial charge is 0.496 e. The van der Waals surface area contributed by atoms with Gasteiger partial charge in [0.2, 0.25) is 12.0 Å². The molecule has 1 fully saturated rings. The number of halogens is 2. The van der Waals surface area contributed by atoms with Crippen molar-refractivity contribution in [3.63, 3.8) is 0 Å². The minimum atomic E-state index is -1.44. The molecule has 3 aliphatic rings. The molecule has 0 amide bonds. The number of hydrogen-bond acceptors (Lipinski definition) is 13. The fourth-order valence-electron chi connectivity index (χ4n) is 8.38. The highest BCUT2D eigenvalue weighted by Crippen LogP contribution is 2.50. The van der Waals surface area contributed by atoms with Crippen LogP contribution in [-0.2, 0) is 17.8 Å². The first kappa shape index (κ1) is 44.8. The lowest BCUT2D eigenvalue weighted by Gasteiger charge is -2.39. The van der Waals surface area contributed by atoms with Crippen molar-refractivity contribution in [1.82, 2.24) is 29.7 Å². The number of carboxylic acid groups (broad SMARTS) is 1. The highest BCUT2D eigenvalue weighted by atomic mass is 35.5. The van der Waals surface area contributed by atoms with Crippen LogP contribution in [0.15, 0.2) is 97.5 Å². The van der Waals surface area contributed by atoms with Crippen LogP contribution in [-0.4, -0.2) is 106 Å². The number of carbonyl (C=O) groups is 1. The van der Waals surface area contributed by atoms with Gasteiger partial charge in [-0.15, -0.1) is 11.3 Å². The third kappa shape index (κ3) is 9.61. The molecule has 16 heteroatoms. The number of aliphatic carboxylic acids is 1. The van der Waals surface area contributed by atoms with Gasteiger partial charge in [-0.3, -0.25) is 4.90 Å². The Morgan fingerprint density at radius 2 is 1.82 bits per heavy atom. The molecule has 1 saturated heterocycles. The summed E-state index contributed by atoms with van der Waals surface area (Å²) in [7, 11) is 3.74. The molecule has 3 aliphatic heterocycles. The Balaban J connectivity index is 1.12. The molecular weight excluding hydrogens is 883 g/mol. The van der Waals surface area contributed by atoms with Crippen molar-refractivity contribution in [3.8, 4) is 61.8 Å². The Hall–Kier alpha value is -6.39. The van der Waals surface area contributed by atoms with Crippen molar-refractivity contribution in [2.45, 2.75) is 51.5 Å². The molecule has 3 atom stereocenters. The number of nitrogens with zero attached hydrogens (tertiary/aromatic N) is 6. The third-order valence-corrected chi connectivity index (χ3v) is 13.7. The smallest absolute Gasteiger partial charge is 0.345 e. The highest BCUT2D eigenvalue weighted by Gasteiger charge is 2.30. The summed E-state index contributed by atoms with van der Waals surface area (Å²) in [6, 6.07) is 25.0. The van der Waals surface area contributed by atoms with Crippen LogP contribution in [0.25, 0.3) is 43.2 Å². The second kappa shape index (κ2) is 19.6. The van der Waals surface area contributed by atoms with Gasteiger partial charge in [-0.1, -0.05) is 41.9 Å². The Labute approximate surface area is 390 Å². The second-order valence-electron chi connectivity index (χ2n) is 16.5. The molecule has 4 bridgehead atoms. The van der Waals surface area contributed by atoms with Crippen LogP contribution in [0.4, 0.5) is 4.39 Å². The predicted octanol–water partition coefficient (Wildman–Crippen LogP) is 9.41. The van der Waals surface area contributed by atoms with E-state index in [0.29, 0.717) is 86.5 Å². The number of thiophene rings is 1. The first-order valence-corrected chi connectivity index (χ1v) is 22.9. The predicted molar refractivity (Wildman–Crippen MR) is 252 cm³/mol. The van der Waals surface area contributed by atoms with Gasteiger partial charge in [0.05, 0.1) is 35.4 Å². The number of likely N-dealkylation sites (N-methyl/N-ethyl adjacent to an activating group) is 1. The number of piperazine rings is 1. The number of methoxy groups -OCH3 is 1. The second-order valence-corrected chi connectivity index (χ2v) is 17.8. The molecule has 0 saturated carbocycles. The first-order valence-electron chi connectivity index (χ1n) is 21.7. The summed E-state index contributed by atoms with van der Waals surface area (Å²) in [5, 5.41) is 11.7. The van der Waals surface area contributed by atoms with Crippen molar-refractivity contribution in [2.75, 3.05) is 46.9 Å². The number of hydrogen-bond donors (Lipinski definition) is 1. The number of rotatable bonds is 9. The van der Waals surface area contributed by atoms with Gasteiger partial charge in [-0.05, 0) is 92.2 Å². The number of benzene rings is 4. The topological polar surface area (TPSA) is 141 Å². The molecule has 3 aromatic heterocycles. The van der Waals surface area contributed by atoms with Gasteiger partial charge in [-0.25, -0.2) is 29.1 Å². The van der Waals surface area contributed by atoms with Crippen molar-refractivity contribution < 1.29 is 38.0 Å². The summed E-state index contributed by atoms with van der Waals surface area (Å²) in [4.78, 5) is 37.7. The third-order valence-electron chi connectivity index (χ3n) is 12.1. The molecule has 6 heterocycles. The van der Waals surface area contributed by atoms with Gasteiger partial charge in [0.1, 0.15) is 52.7 Å². The van der Waals surface area contributed by atoms with Crippen LogP contribution in [0.5, 0.6) is 28.9 Å². The van der Waals surface area contributed by atoms with E-state index in [-0.39, 0.29) is 30.8 Å². The summed E-state index contributed by atoms with van der Waals surface area (Å²) in [5.41, 5.74) is 4.72. The summed E-state index contributed by atoms with van der Waals surface area (Å²) in [5.74, 6) is 1.03.